The van der Waals surface area contributed by atoms with Crippen LogP contribution in [-0.2, 0) is 5.60 Å². The molecule has 24 heavy (non-hydrogen) atoms. The van der Waals surface area contributed by atoms with Gasteiger partial charge in [-0.3, -0.25) is 0 Å². The molecular formula is C18H24N2O4. The second-order valence-electron chi connectivity index (χ2n) is 5.99. The first-order chi connectivity index (χ1) is 11.4. The lowest BCUT2D eigenvalue weighted by Gasteiger charge is -2.22. The molecule has 3 N–H and O–H groups in total. The first-order valence-corrected chi connectivity index (χ1v) is 7.89. The summed E-state index contributed by atoms with van der Waals surface area (Å²) in [4.78, 5) is 11.9. The number of amides is 2. The Morgan fingerprint density at radius 1 is 1.25 bits per heavy atom. The summed E-state index contributed by atoms with van der Waals surface area (Å²) in [7, 11) is 0. The van der Waals surface area contributed by atoms with E-state index in [0.29, 0.717) is 18.1 Å². The van der Waals surface area contributed by atoms with E-state index < -0.39 is 5.60 Å². The van der Waals surface area contributed by atoms with E-state index in [-0.39, 0.29) is 18.7 Å². The van der Waals surface area contributed by atoms with Gasteiger partial charge in [0.1, 0.15) is 29.0 Å². The number of carbonyl (C=O) groups excluding carboxylic acids is 1. The molecule has 2 atom stereocenters. The third kappa shape index (κ3) is 5.31. The molecule has 130 valence electrons. The number of ether oxygens (including phenoxy) is 1. The van der Waals surface area contributed by atoms with Gasteiger partial charge in [0.15, 0.2) is 0 Å². The van der Waals surface area contributed by atoms with Crippen LogP contribution in [0, 0.1) is 6.92 Å². The van der Waals surface area contributed by atoms with Crippen molar-refractivity contribution in [2.45, 2.75) is 32.5 Å². The van der Waals surface area contributed by atoms with Gasteiger partial charge < -0.3 is 24.9 Å². The van der Waals surface area contributed by atoms with Gasteiger partial charge in [-0.05, 0) is 45.0 Å². The lowest BCUT2D eigenvalue weighted by atomic mass is 10.0. The van der Waals surface area contributed by atoms with E-state index in [1.165, 1.54) is 0 Å². The molecule has 2 aromatic rings. The van der Waals surface area contributed by atoms with Gasteiger partial charge in [-0.15, -0.1) is 0 Å². The Hall–Kier alpha value is -2.47. The second-order valence-corrected chi connectivity index (χ2v) is 5.99. The number of hydrogen-bond donors (Lipinski definition) is 3. The molecule has 1 aromatic heterocycles. The molecular weight excluding hydrogens is 308 g/mol. The van der Waals surface area contributed by atoms with Crippen LogP contribution in [0.5, 0.6) is 5.75 Å². The molecule has 0 bridgehead atoms. The topological polar surface area (TPSA) is 83.7 Å². The van der Waals surface area contributed by atoms with Crippen molar-refractivity contribution >= 4 is 6.03 Å². The summed E-state index contributed by atoms with van der Waals surface area (Å²) in [6.45, 7) is 5.65. The van der Waals surface area contributed by atoms with Gasteiger partial charge >= 0.3 is 6.03 Å². The highest BCUT2D eigenvalue weighted by Gasteiger charge is 2.27. The summed E-state index contributed by atoms with van der Waals surface area (Å²) in [5.41, 5.74) is -1.27. The Bertz CT molecular complexity index is 652. The van der Waals surface area contributed by atoms with Crippen molar-refractivity contribution in [2.75, 3.05) is 13.1 Å². The molecule has 0 saturated heterocycles. The van der Waals surface area contributed by atoms with Crippen molar-refractivity contribution in [3.63, 3.8) is 0 Å². The maximum Gasteiger partial charge on any atom is 0.315 e. The normalized spacial score (nSPS) is 14.5. The van der Waals surface area contributed by atoms with E-state index in [0.717, 1.165) is 5.75 Å². The lowest BCUT2D eigenvalue weighted by Crippen LogP contribution is -2.45. The number of urea groups is 1. The lowest BCUT2D eigenvalue weighted by molar-refractivity contribution is 0.0359. The number of carbonyl (C=O) groups is 1. The predicted octanol–water partition coefficient (Wildman–Crippen LogP) is 2.56. The van der Waals surface area contributed by atoms with Gasteiger partial charge in [0.25, 0.3) is 0 Å². The van der Waals surface area contributed by atoms with Gasteiger partial charge in [-0.1, -0.05) is 18.2 Å². The van der Waals surface area contributed by atoms with Gasteiger partial charge in [0.05, 0.1) is 13.1 Å². The van der Waals surface area contributed by atoms with Gasteiger partial charge in [0.2, 0.25) is 0 Å². The zero-order valence-corrected chi connectivity index (χ0v) is 14.2. The largest absolute Gasteiger partial charge is 0.489 e. The molecule has 0 aliphatic rings. The fourth-order valence-corrected chi connectivity index (χ4v) is 2.14. The SMILES string of the molecule is Cc1ccc(C(C)(O)CNC(=O)NCC(C)Oc2ccccc2)o1. The maximum atomic E-state index is 11.9. The van der Waals surface area contributed by atoms with Crippen LogP contribution in [0.3, 0.4) is 0 Å². The number of hydrogen-bond acceptors (Lipinski definition) is 4. The van der Waals surface area contributed by atoms with Crippen molar-refractivity contribution in [2.24, 2.45) is 0 Å². The molecule has 1 heterocycles. The number of benzene rings is 1. The quantitative estimate of drug-likeness (QED) is 0.727. The average molecular weight is 332 g/mol. The molecule has 2 rings (SSSR count). The van der Waals surface area contributed by atoms with Crippen LogP contribution >= 0.6 is 0 Å². The minimum atomic E-state index is -1.27. The first kappa shape index (κ1) is 17.9. The molecule has 6 heteroatoms. The van der Waals surface area contributed by atoms with E-state index >= 15 is 0 Å². The molecule has 0 spiro atoms. The number of para-hydroxylation sites is 1. The first-order valence-electron chi connectivity index (χ1n) is 7.89. The van der Waals surface area contributed by atoms with Crippen molar-refractivity contribution in [1.29, 1.82) is 0 Å². The predicted molar refractivity (Wildman–Crippen MR) is 90.9 cm³/mol. The third-order valence-electron chi connectivity index (χ3n) is 3.49. The molecule has 6 nitrogen and oxygen atoms in total. The molecule has 1 aromatic carbocycles. The number of furan rings is 1. The molecule has 2 amide bonds. The summed E-state index contributed by atoms with van der Waals surface area (Å²) in [6.07, 6.45) is -0.175. The zero-order chi connectivity index (χ0) is 17.6. The van der Waals surface area contributed by atoms with Crippen LogP contribution in [0.4, 0.5) is 4.79 Å². The Balaban J connectivity index is 1.73. The average Bonchev–Trinajstić information content (AvgIpc) is 2.99. The van der Waals surface area contributed by atoms with Crippen molar-refractivity contribution < 1.29 is 19.1 Å². The van der Waals surface area contributed by atoms with E-state index in [1.54, 1.807) is 26.0 Å². The summed E-state index contributed by atoms with van der Waals surface area (Å²) >= 11 is 0. The maximum absolute atomic E-state index is 11.9. The molecule has 0 saturated carbocycles. The standard InChI is InChI=1S/C18H24N2O4/c1-13-9-10-16(24-13)18(3,22)12-20-17(21)19-11-14(2)23-15-7-5-4-6-8-15/h4-10,14,22H,11-12H2,1-3H3,(H2,19,20,21). The van der Waals surface area contributed by atoms with Crippen LogP contribution in [0.2, 0.25) is 0 Å². The number of aliphatic hydroxyl groups is 1. The van der Waals surface area contributed by atoms with Crippen LogP contribution < -0.4 is 15.4 Å². The number of nitrogens with one attached hydrogen (secondary N) is 2. The van der Waals surface area contributed by atoms with E-state index in [4.69, 9.17) is 9.15 Å². The summed E-state index contributed by atoms with van der Waals surface area (Å²) in [5, 5.41) is 15.7. The van der Waals surface area contributed by atoms with Crippen LogP contribution in [-0.4, -0.2) is 30.3 Å². The minimum absolute atomic E-state index is 0.0414. The minimum Gasteiger partial charge on any atom is -0.489 e. The van der Waals surface area contributed by atoms with Crippen molar-refractivity contribution in [3.8, 4) is 5.75 Å². The molecule has 0 aliphatic heterocycles. The Labute approximate surface area is 141 Å². The fourth-order valence-electron chi connectivity index (χ4n) is 2.14. The Kier molecular flexibility index (Phi) is 5.87. The zero-order valence-electron chi connectivity index (χ0n) is 14.2. The molecule has 2 unspecified atom stereocenters. The van der Waals surface area contributed by atoms with Crippen LogP contribution in [0.15, 0.2) is 46.9 Å². The van der Waals surface area contributed by atoms with E-state index in [2.05, 4.69) is 10.6 Å². The third-order valence-corrected chi connectivity index (χ3v) is 3.49. The summed E-state index contributed by atoms with van der Waals surface area (Å²) < 4.78 is 11.1. The highest BCUT2D eigenvalue weighted by atomic mass is 16.5. The Morgan fingerprint density at radius 3 is 2.58 bits per heavy atom. The molecule has 0 radical (unpaired) electrons. The second kappa shape index (κ2) is 7.88. The monoisotopic (exact) mass is 332 g/mol. The van der Waals surface area contributed by atoms with Gasteiger partial charge in [-0.25, -0.2) is 4.79 Å². The number of rotatable bonds is 7. The summed E-state index contributed by atoms with van der Waals surface area (Å²) in [6, 6.07) is 12.5. The Morgan fingerprint density at radius 2 is 1.96 bits per heavy atom. The van der Waals surface area contributed by atoms with Crippen molar-refractivity contribution in [1.82, 2.24) is 10.6 Å². The molecule has 0 aliphatic carbocycles. The molecule has 0 fully saturated rings. The highest BCUT2D eigenvalue weighted by Crippen LogP contribution is 2.21. The summed E-state index contributed by atoms with van der Waals surface area (Å²) in [5.74, 6) is 1.88. The van der Waals surface area contributed by atoms with Gasteiger partial charge in [0, 0.05) is 0 Å². The smallest absolute Gasteiger partial charge is 0.315 e. The van der Waals surface area contributed by atoms with Crippen LogP contribution in [0.25, 0.3) is 0 Å². The fraction of sp³-hybridized carbons (Fsp3) is 0.389. The van der Waals surface area contributed by atoms with Crippen LogP contribution in [0.1, 0.15) is 25.4 Å². The van der Waals surface area contributed by atoms with Gasteiger partial charge in [-0.2, -0.15) is 0 Å². The highest BCUT2D eigenvalue weighted by molar-refractivity contribution is 5.73. The van der Waals surface area contributed by atoms with E-state index in [1.807, 2.05) is 37.3 Å². The van der Waals surface area contributed by atoms with Crippen molar-refractivity contribution in [3.05, 3.63) is 54.0 Å². The van der Waals surface area contributed by atoms with E-state index in [9.17, 15) is 9.90 Å². The number of aryl methyl sites for hydroxylation is 1.